The van der Waals surface area contributed by atoms with Gasteiger partial charge in [0.05, 0.1) is 18.4 Å². The summed E-state index contributed by atoms with van der Waals surface area (Å²) >= 11 is 0. The highest BCUT2D eigenvalue weighted by atomic mass is 32.2. The average Bonchev–Trinajstić information content (AvgIpc) is 3.35. The molecular formula is C33H33N3O6S. The van der Waals surface area contributed by atoms with Gasteiger partial charge in [-0.25, -0.2) is 13.2 Å². The third-order valence-electron chi connectivity index (χ3n) is 7.91. The van der Waals surface area contributed by atoms with E-state index in [9.17, 15) is 18.3 Å². The Kier molecular flexibility index (Phi) is 7.96. The summed E-state index contributed by atoms with van der Waals surface area (Å²) in [6.45, 7) is 2.43. The maximum Gasteiger partial charge on any atom is 0.512 e. The molecular weight excluding hydrogens is 566 g/mol. The molecule has 1 saturated heterocycles. The molecule has 2 heterocycles. The zero-order valence-electron chi connectivity index (χ0n) is 23.8. The number of sulfonamides is 1. The molecule has 1 fully saturated rings. The number of H-pyrrole nitrogens is 1. The molecule has 0 saturated carbocycles. The van der Waals surface area contributed by atoms with E-state index in [4.69, 9.17) is 9.47 Å². The third-order valence-corrected chi connectivity index (χ3v) is 9.22. The smallest absolute Gasteiger partial charge is 0.493 e. The van der Waals surface area contributed by atoms with Gasteiger partial charge >= 0.3 is 6.16 Å². The Balaban J connectivity index is 1.27. The van der Waals surface area contributed by atoms with Gasteiger partial charge in [-0.3, -0.25) is 0 Å². The van der Waals surface area contributed by atoms with Crippen LogP contribution in [0.15, 0.2) is 84.9 Å². The number of benzene rings is 4. The van der Waals surface area contributed by atoms with Gasteiger partial charge in [0.2, 0.25) is 15.9 Å². The first-order valence-corrected chi connectivity index (χ1v) is 16.1. The fourth-order valence-corrected chi connectivity index (χ4v) is 6.71. The Morgan fingerprint density at radius 3 is 2.33 bits per heavy atom. The number of carboxylic acid groups (broad SMARTS) is 1. The van der Waals surface area contributed by atoms with Crippen LogP contribution in [0.3, 0.4) is 0 Å². The second-order valence-corrected chi connectivity index (χ2v) is 12.6. The lowest BCUT2D eigenvalue weighted by atomic mass is 9.98. The zero-order valence-corrected chi connectivity index (χ0v) is 24.6. The van der Waals surface area contributed by atoms with E-state index >= 15 is 0 Å². The normalized spacial score (nSPS) is 14.3. The van der Waals surface area contributed by atoms with Gasteiger partial charge in [0.25, 0.3) is 0 Å². The summed E-state index contributed by atoms with van der Waals surface area (Å²) in [5.74, 6) is 1.02. The van der Waals surface area contributed by atoms with Crippen molar-refractivity contribution in [2.24, 2.45) is 0 Å². The fraction of sp³-hybridized carbons (Fsp3) is 0.242. The number of ether oxygens (including phenoxy) is 2. The average molecular weight is 600 g/mol. The number of para-hydroxylation sites is 2. The van der Waals surface area contributed by atoms with Crippen molar-refractivity contribution in [3.63, 3.8) is 0 Å². The molecule has 0 unspecified atom stereocenters. The molecule has 0 spiro atoms. The van der Waals surface area contributed by atoms with Crippen molar-refractivity contribution in [1.82, 2.24) is 9.29 Å². The molecule has 10 heteroatoms. The van der Waals surface area contributed by atoms with Gasteiger partial charge in [0, 0.05) is 59.3 Å². The number of aryl methyl sites for hydroxylation is 1. The summed E-state index contributed by atoms with van der Waals surface area (Å²) in [6, 6.07) is 28.0. The Morgan fingerprint density at radius 2 is 1.53 bits per heavy atom. The van der Waals surface area contributed by atoms with Gasteiger partial charge in [0.15, 0.2) is 0 Å². The highest BCUT2D eigenvalue weighted by Gasteiger charge is 2.26. The van der Waals surface area contributed by atoms with Crippen molar-refractivity contribution < 1.29 is 27.8 Å². The molecule has 1 aliphatic heterocycles. The highest BCUT2D eigenvalue weighted by molar-refractivity contribution is 7.88. The van der Waals surface area contributed by atoms with E-state index in [0.29, 0.717) is 45.6 Å². The molecule has 2 N–H and O–H groups in total. The predicted molar refractivity (Wildman–Crippen MR) is 169 cm³/mol. The fourth-order valence-electron chi connectivity index (χ4n) is 5.89. The summed E-state index contributed by atoms with van der Waals surface area (Å²) in [6.07, 6.45) is 1.06. The van der Waals surface area contributed by atoms with Crippen LogP contribution in [-0.2, 0) is 16.4 Å². The highest BCUT2D eigenvalue weighted by Crippen LogP contribution is 2.39. The standard InChI is InChI=1S/C33H33N3O6S/c1-43(39,40)36-20-18-35(19-21-36)29-16-5-4-12-25(29)26-13-7-14-27-28(32(34-31(26)27)42-33(37)38)15-8-22-41-30-17-6-10-23-9-2-3-11-24(23)30/h2-7,9-14,16-17,34H,8,15,18-22H2,1H3,(H,37,38). The first kappa shape index (κ1) is 28.6. The Morgan fingerprint density at radius 1 is 0.860 bits per heavy atom. The zero-order chi connectivity index (χ0) is 30.0. The minimum atomic E-state index is -3.24. The lowest BCUT2D eigenvalue weighted by molar-refractivity contribution is 0.142. The Hall–Kier alpha value is -4.54. The molecule has 4 aromatic carbocycles. The van der Waals surface area contributed by atoms with Crippen LogP contribution < -0.4 is 14.4 Å². The number of fused-ring (bicyclic) bond motifs is 2. The number of aromatic nitrogens is 1. The van der Waals surface area contributed by atoms with E-state index < -0.39 is 16.2 Å². The molecule has 9 nitrogen and oxygen atoms in total. The second-order valence-electron chi connectivity index (χ2n) is 10.6. The van der Waals surface area contributed by atoms with E-state index in [1.807, 2.05) is 72.8 Å². The van der Waals surface area contributed by atoms with Crippen molar-refractivity contribution in [2.45, 2.75) is 12.8 Å². The molecule has 0 aliphatic carbocycles. The van der Waals surface area contributed by atoms with Crippen molar-refractivity contribution in [1.29, 1.82) is 0 Å². The number of hydrogen-bond acceptors (Lipinski definition) is 6. The number of hydrogen-bond donors (Lipinski definition) is 2. The molecule has 222 valence electrons. The van der Waals surface area contributed by atoms with Crippen LogP contribution in [0.25, 0.3) is 32.8 Å². The quantitative estimate of drug-likeness (QED) is 0.155. The van der Waals surface area contributed by atoms with Crippen LogP contribution >= 0.6 is 0 Å². The number of nitrogens with one attached hydrogen (secondary N) is 1. The summed E-state index contributed by atoms with van der Waals surface area (Å²) in [7, 11) is -3.24. The number of aromatic amines is 1. The first-order valence-electron chi connectivity index (χ1n) is 14.2. The van der Waals surface area contributed by atoms with Crippen LogP contribution in [-0.4, -0.2) is 68.0 Å². The van der Waals surface area contributed by atoms with Crippen LogP contribution in [0.5, 0.6) is 11.6 Å². The number of anilines is 1. The van der Waals surface area contributed by atoms with Gasteiger partial charge in [-0.05, 0) is 30.4 Å². The predicted octanol–water partition coefficient (Wildman–Crippen LogP) is 6.14. The largest absolute Gasteiger partial charge is 0.512 e. The van der Waals surface area contributed by atoms with Gasteiger partial charge < -0.3 is 24.5 Å². The van der Waals surface area contributed by atoms with Gasteiger partial charge in [0.1, 0.15) is 5.75 Å². The van der Waals surface area contributed by atoms with Gasteiger partial charge in [-0.2, -0.15) is 4.31 Å². The van der Waals surface area contributed by atoms with Crippen LogP contribution in [0, 0.1) is 0 Å². The summed E-state index contributed by atoms with van der Waals surface area (Å²) in [5.41, 5.74) is 4.43. The number of nitrogens with zero attached hydrogens (tertiary/aromatic N) is 2. The minimum Gasteiger partial charge on any atom is -0.493 e. The van der Waals surface area contributed by atoms with Crippen LogP contribution in [0.1, 0.15) is 12.0 Å². The topological polar surface area (TPSA) is 112 Å². The SMILES string of the molecule is CS(=O)(=O)N1CCN(c2ccccc2-c2cccc3c(CCCOc4cccc5ccccc45)c(OC(=O)O)[nH]c23)CC1. The van der Waals surface area contributed by atoms with Crippen molar-refractivity contribution in [3.8, 4) is 22.8 Å². The third kappa shape index (κ3) is 6.02. The summed E-state index contributed by atoms with van der Waals surface area (Å²) in [5, 5.41) is 12.5. The first-order chi connectivity index (χ1) is 20.8. The lowest BCUT2D eigenvalue weighted by Crippen LogP contribution is -2.48. The monoisotopic (exact) mass is 599 g/mol. The maximum absolute atomic E-state index is 12.0. The van der Waals surface area contributed by atoms with Crippen molar-refractivity contribution >= 4 is 43.5 Å². The lowest BCUT2D eigenvalue weighted by Gasteiger charge is -2.35. The Bertz CT molecular complexity index is 1890. The number of rotatable bonds is 9. The molecule has 0 bridgehead atoms. The molecule has 6 rings (SSSR count). The molecule has 0 amide bonds. The van der Waals surface area contributed by atoms with Crippen molar-refractivity contribution in [3.05, 3.63) is 90.5 Å². The van der Waals surface area contributed by atoms with E-state index in [1.54, 1.807) is 0 Å². The summed E-state index contributed by atoms with van der Waals surface area (Å²) in [4.78, 5) is 17.1. The van der Waals surface area contributed by atoms with E-state index in [1.165, 1.54) is 10.6 Å². The van der Waals surface area contributed by atoms with Crippen molar-refractivity contribution in [2.75, 3.05) is 43.9 Å². The van der Waals surface area contributed by atoms with E-state index in [2.05, 4.69) is 22.0 Å². The summed E-state index contributed by atoms with van der Waals surface area (Å²) < 4.78 is 36.9. The van der Waals surface area contributed by atoms with Crippen LogP contribution in [0.4, 0.5) is 10.5 Å². The van der Waals surface area contributed by atoms with E-state index in [-0.39, 0.29) is 5.88 Å². The molecule has 1 aromatic heterocycles. The molecule has 1 aliphatic rings. The van der Waals surface area contributed by atoms with Gasteiger partial charge in [-0.15, -0.1) is 0 Å². The van der Waals surface area contributed by atoms with Gasteiger partial charge in [-0.1, -0.05) is 72.8 Å². The number of piperazine rings is 1. The second kappa shape index (κ2) is 12.0. The number of carbonyl (C=O) groups is 1. The minimum absolute atomic E-state index is 0.208. The van der Waals surface area contributed by atoms with Crippen LogP contribution in [0.2, 0.25) is 0 Å². The maximum atomic E-state index is 12.0. The molecule has 0 atom stereocenters. The van der Waals surface area contributed by atoms with E-state index in [0.717, 1.165) is 49.8 Å². The molecule has 5 aromatic rings. The molecule has 0 radical (unpaired) electrons. The molecule has 43 heavy (non-hydrogen) atoms. The Labute approximate surface area is 250 Å².